The SMILES string of the molecule is NNc1c(CBr)cccc1C(O)C(=O)O. The molecule has 0 aliphatic heterocycles. The van der Waals surface area contributed by atoms with Gasteiger partial charge in [-0.15, -0.1) is 0 Å². The number of rotatable bonds is 4. The quantitative estimate of drug-likeness (QED) is 0.373. The van der Waals surface area contributed by atoms with Crippen molar-refractivity contribution in [1.29, 1.82) is 0 Å². The molecule has 0 saturated carbocycles. The summed E-state index contributed by atoms with van der Waals surface area (Å²) in [6, 6.07) is 4.96. The van der Waals surface area contributed by atoms with Crippen LogP contribution in [-0.4, -0.2) is 16.2 Å². The number of halogens is 1. The number of nitrogens with one attached hydrogen (secondary N) is 1. The molecule has 82 valence electrons. The third kappa shape index (κ3) is 2.47. The van der Waals surface area contributed by atoms with Gasteiger partial charge in [0, 0.05) is 10.9 Å². The van der Waals surface area contributed by atoms with Gasteiger partial charge in [-0.2, -0.15) is 0 Å². The monoisotopic (exact) mass is 274 g/mol. The van der Waals surface area contributed by atoms with Crippen LogP contribution < -0.4 is 11.3 Å². The number of carboxylic acid groups (broad SMARTS) is 1. The molecule has 1 atom stereocenters. The minimum Gasteiger partial charge on any atom is -0.479 e. The molecule has 0 fully saturated rings. The Morgan fingerprint density at radius 2 is 2.27 bits per heavy atom. The number of carboxylic acids is 1. The van der Waals surface area contributed by atoms with Gasteiger partial charge in [-0.1, -0.05) is 34.1 Å². The average Bonchev–Trinajstić information content (AvgIpc) is 2.26. The molecule has 0 aromatic heterocycles. The number of aliphatic hydroxyl groups excluding tert-OH is 1. The summed E-state index contributed by atoms with van der Waals surface area (Å²) in [5.74, 6) is 3.98. The fourth-order valence-corrected chi connectivity index (χ4v) is 1.74. The Labute approximate surface area is 95.0 Å². The second-order valence-corrected chi connectivity index (χ2v) is 3.46. The number of hydrazine groups is 1. The van der Waals surface area contributed by atoms with Crippen molar-refractivity contribution in [2.75, 3.05) is 5.43 Å². The fraction of sp³-hybridized carbons (Fsp3) is 0.222. The lowest BCUT2D eigenvalue weighted by molar-refractivity contribution is -0.146. The maximum atomic E-state index is 10.6. The van der Waals surface area contributed by atoms with Gasteiger partial charge in [0.15, 0.2) is 6.10 Å². The maximum absolute atomic E-state index is 10.6. The number of alkyl halides is 1. The van der Waals surface area contributed by atoms with E-state index in [1.54, 1.807) is 12.1 Å². The van der Waals surface area contributed by atoms with Gasteiger partial charge >= 0.3 is 5.97 Å². The van der Waals surface area contributed by atoms with Gasteiger partial charge in [-0.3, -0.25) is 5.84 Å². The number of aliphatic carboxylic acids is 1. The Balaban J connectivity index is 3.22. The largest absolute Gasteiger partial charge is 0.479 e. The first kappa shape index (κ1) is 12.0. The van der Waals surface area contributed by atoms with Crippen molar-refractivity contribution in [3.05, 3.63) is 29.3 Å². The Kier molecular flexibility index (Phi) is 4.07. The second kappa shape index (κ2) is 5.11. The summed E-state index contributed by atoms with van der Waals surface area (Å²) >= 11 is 3.24. The molecule has 0 bridgehead atoms. The standard InChI is InChI=1S/C9H11BrN2O3/c10-4-5-2-1-3-6(7(5)12-11)8(13)9(14)15/h1-3,8,12-13H,4,11H2,(H,14,15). The summed E-state index contributed by atoms with van der Waals surface area (Å²) in [5, 5.41) is 18.6. The maximum Gasteiger partial charge on any atom is 0.337 e. The zero-order chi connectivity index (χ0) is 11.4. The molecule has 0 saturated heterocycles. The van der Waals surface area contributed by atoms with E-state index in [1.165, 1.54) is 6.07 Å². The highest BCUT2D eigenvalue weighted by atomic mass is 79.9. The molecule has 0 amide bonds. The molecule has 6 heteroatoms. The summed E-state index contributed by atoms with van der Waals surface area (Å²) in [7, 11) is 0. The number of anilines is 1. The predicted molar refractivity (Wildman–Crippen MR) is 59.5 cm³/mol. The normalized spacial score (nSPS) is 12.2. The molecule has 15 heavy (non-hydrogen) atoms. The molecule has 1 unspecified atom stereocenters. The van der Waals surface area contributed by atoms with Crippen LogP contribution in [0.5, 0.6) is 0 Å². The smallest absolute Gasteiger partial charge is 0.337 e. The van der Waals surface area contributed by atoms with Gasteiger partial charge in [0.05, 0.1) is 5.69 Å². The number of nitrogens with two attached hydrogens (primary N) is 1. The summed E-state index contributed by atoms with van der Waals surface area (Å²) < 4.78 is 0. The van der Waals surface area contributed by atoms with Crippen LogP contribution in [0.25, 0.3) is 0 Å². The Morgan fingerprint density at radius 3 is 2.73 bits per heavy atom. The fourth-order valence-electron chi connectivity index (χ4n) is 1.27. The van der Waals surface area contributed by atoms with E-state index in [0.29, 0.717) is 11.0 Å². The van der Waals surface area contributed by atoms with Crippen LogP contribution in [-0.2, 0) is 10.1 Å². The van der Waals surface area contributed by atoms with Gasteiger partial charge < -0.3 is 15.6 Å². The van der Waals surface area contributed by atoms with E-state index in [0.717, 1.165) is 5.56 Å². The van der Waals surface area contributed by atoms with E-state index in [2.05, 4.69) is 21.4 Å². The number of hydrogen-bond acceptors (Lipinski definition) is 4. The van der Waals surface area contributed by atoms with Gasteiger partial charge in [-0.25, -0.2) is 4.79 Å². The number of nitrogen functional groups attached to an aromatic ring is 1. The molecule has 0 aliphatic rings. The first-order chi connectivity index (χ1) is 7.11. The minimum atomic E-state index is -1.57. The number of para-hydroxylation sites is 1. The Hall–Kier alpha value is -1.11. The summed E-state index contributed by atoms with van der Waals surface area (Å²) in [6.07, 6.45) is -1.57. The molecule has 0 aliphatic carbocycles. The molecule has 0 spiro atoms. The van der Waals surface area contributed by atoms with E-state index in [9.17, 15) is 9.90 Å². The van der Waals surface area contributed by atoms with Crippen LogP contribution in [0, 0.1) is 0 Å². The van der Waals surface area contributed by atoms with Crippen molar-refractivity contribution in [2.24, 2.45) is 5.84 Å². The van der Waals surface area contributed by atoms with Gasteiger partial charge in [0.25, 0.3) is 0 Å². The lowest BCUT2D eigenvalue weighted by atomic mass is 10.0. The van der Waals surface area contributed by atoms with Crippen molar-refractivity contribution >= 4 is 27.6 Å². The highest BCUT2D eigenvalue weighted by Gasteiger charge is 2.20. The van der Waals surface area contributed by atoms with Crippen molar-refractivity contribution < 1.29 is 15.0 Å². The summed E-state index contributed by atoms with van der Waals surface area (Å²) in [4.78, 5) is 10.6. The number of benzene rings is 1. The van der Waals surface area contributed by atoms with E-state index in [4.69, 9.17) is 10.9 Å². The van der Waals surface area contributed by atoms with Crippen molar-refractivity contribution in [3.63, 3.8) is 0 Å². The summed E-state index contributed by atoms with van der Waals surface area (Å²) in [6.45, 7) is 0. The summed E-state index contributed by atoms with van der Waals surface area (Å²) in [5.41, 5.74) is 3.87. The van der Waals surface area contributed by atoms with E-state index in [-0.39, 0.29) is 5.56 Å². The van der Waals surface area contributed by atoms with Crippen LogP contribution in [0.2, 0.25) is 0 Å². The number of hydrogen-bond donors (Lipinski definition) is 4. The Bertz CT molecular complexity index is 370. The lowest BCUT2D eigenvalue weighted by Gasteiger charge is -2.14. The molecule has 5 N–H and O–H groups in total. The van der Waals surface area contributed by atoms with E-state index >= 15 is 0 Å². The highest BCUT2D eigenvalue weighted by Crippen LogP contribution is 2.27. The predicted octanol–water partition coefficient (Wildman–Crippen LogP) is 0.985. The molecule has 1 rings (SSSR count). The molecule has 5 nitrogen and oxygen atoms in total. The Morgan fingerprint density at radius 1 is 1.60 bits per heavy atom. The van der Waals surface area contributed by atoms with Crippen LogP contribution in [0.15, 0.2) is 18.2 Å². The van der Waals surface area contributed by atoms with Crippen LogP contribution >= 0.6 is 15.9 Å². The van der Waals surface area contributed by atoms with Gasteiger partial charge in [-0.05, 0) is 5.56 Å². The van der Waals surface area contributed by atoms with Gasteiger partial charge in [0.2, 0.25) is 0 Å². The zero-order valence-corrected chi connectivity index (χ0v) is 9.36. The van der Waals surface area contributed by atoms with Crippen molar-refractivity contribution in [1.82, 2.24) is 0 Å². The van der Waals surface area contributed by atoms with Crippen LogP contribution in [0.1, 0.15) is 17.2 Å². The zero-order valence-electron chi connectivity index (χ0n) is 7.77. The molecular weight excluding hydrogens is 264 g/mol. The van der Waals surface area contributed by atoms with Crippen LogP contribution in [0.4, 0.5) is 5.69 Å². The first-order valence-electron chi connectivity index (χ1n) is 4.17. The third-order valence-electron chi connectivity index (χ3n) is 2.00. The van der Waals surface area contributed by atoms with E-state index < -0.39 is 12.1 Å². The number of carbonyl (C=O) groups is 1. The average molecular weight is 275 g/mol. The molecule has 0 heterocycles. The molecule has 0 radical (unpaired) electrons. The van der Waals surface area contributed by atoms with Crippen molar-refractivity contribution in [3.8, 4) is 0 Å². The molecular formula is C9H11BrN2O3. The molecule has 1 aromatic rings. The second-order valence-electron chi connectivity index (χ2n) is 2.90. The minimum absolute atomic E-state index is 0.252. The van der Waals surface area contributed by atoms with Crippen molar-refractivity contribution in [2.45, 2.75) is 11.4 Å². The number of aliphatic hydroxyl groups is 1. The molecule has 1 aromatic carbocycles. The van der Waals surface area contributed by atoms with E-state index in [1.807, 2.05) is 0 Å². The topological polar surface area (TPSA) is 95.6 Å². The lowest BCUT2D eigenvalue weighted by Crippen LogP contribution is -2.17. The third-order valence-corrected chi connectivity index (χ3v) is 2.60. The highest BCUT2D eigenvalue weighted by molar-refractivity contribution is 9.08. The first-order valence-corrected chi connectivity index (χ1v) is 5.29. The van der Waals surface area contributed by atoms with Gasteiger partial charge in [0.1, 0.15) is 0 Å². The van der Waals surface area contributed by atoms with Crippen LogP contribution in [0.3, 0.4) is 0 Å².